The summed E-state index contributed by atoms with van der Waals surface area (Å²) in [5.41, 5.74) is 3.57. The molecular formula is C32H42N6O3. The average Bonchev–Trinajstić information content (AvgIpc) is 3.00. The number of hydrogen-bond donors (Lipinski definition) is 2. The molecule has 0 aliphatic carbocycles. The molecule has 1 aromatic carbocycles. The van der Waals surface area contributed by atoms with Crippen LogP contribution in [0.4, 0.5) is 5.82 Å². The lowest BCUT2D eigenvalue weighted by atomic mass is 9.86. The van der Waals surface area contributed by atoms with Crippen LogP contribution in [0.2, 0.25) is 0 Å². The van der Waals surface area contributed by atoms with Crippen molar-refractivity contribution >= 4 is 17.6 Å². The van der Waals surface area contributed by atoms with E-state index in [0.717, 1.165) is 58.4 Å². The molecule has 3 atom stereocenters. The van der Waals surface area contributed by atoms with Crippen LogP contribution in [0.3, 0.4) is 0 Å². The van der Waals surface area contributed by atoms with Crippen molar-refractivity contribution in [2.45, 2.75) is 63.8 Å². The number of aliphatic hydroxyl groups is 1. The van der Waals surface area contributed by atoms with E-state index in [4.69, 9.17) is 0 Å². The first-order valence-corrected chi connectivity index (χ1v) is 14.8. The van der Waals surface area contributed by atoms with Crippen molar-refractivity contribution in [1.82, 2.24) is 24.7 Å². The largest absolute Gasteiger partial charge is 0.389 e. The minimum absolute atomic E-state index is 0.0842. The van der Waals surface area contributed by atoms with Gasteiger partial charge in [-0.1, -0.05) is 43.5 Å². The first-order valence-electron chi connectivity index (χ1n) is 14.8. The van der Waals surface area contributed by atoms with Crippen molar-refractivity contribution in [3.05, 3.63) is 78.3 Å². The highest BCUT2D eigenvalue weighted by molar-refractivity contribution is 5.93. The number of carbonyl (C=O) groups excluding carboxylic acids is 2. The van der Waals surface area contributed by atoms with E-state index in [-0.39, 0.29) is 23.6 Å². The van der Waals surface area contributed by atoms with Crippen LogP contribution in [0.15, 0.2) is 61.5 Å². The molecule has 2 saturated heterocycles. The summed E-state index contributed by atoms with van der Waals surface area (Å²) in [7, 11) is 0. The second-order valence-electron chi connectivity index (χ2n) is 11.5. The molecule has 0 bridgehead atoms. The number of fused-ring (bicyclic) bond motifs is 1. The number of rotatable bonds is 8. The van der Waals surface area contributed by atoms with Gasteiger partial charge in [-0.2, -0.15) is 0 Å². The lowest BCUT2D eigenvalue weighted by Gasteiger charge is -2.48. The minimum atomic E-state index is -0.794. The monoisotopic (exact) mass is 558 g/mol. The average molecular weight is 559 g/mol. The van der Waals surface area contributed by atoms with Gasteiger partial charge in [0.1, 0.15) is 17.8 Å². The third kappa shape index (κ3) is 6.52. The maximum atomic E-state index is 13.8. The lowest BCUT2D eigenvalue weighted by molar-refractivity contribution is -0.130. The number of amides is 2. The van der Waals surface area contributed by atoms with Crippen molar-refractivity contribution in [2.24, 2.45) is 5.92 Å². The Bertz CT molecular complexity index is 1270. The SMILES string of the molecule is C=CC(=C)C1[C@H](O)[C@@H](N2CCc3ccccc3C2)CCN1C(=O)c1cc(NCCC2CCN(C(C)=O)CC2)ncn1. The molecule has 0 saturated carbocycles. The molecule has 0 radical (unpaired) electrons. The van der Waals surface area contributed by atoms with Crippen molar-refractivity contribution in [3.8, 4) is 0 Å². The predicted octanol–water partition coefficient (Wildman–Crippen LogP) is 3.28. The number of likely N-dealkylation sites (tertiary alicyclic amines) is 2. The zero-order chi connectivity index (χ0) is 28.9. The standard InChI is InChI=1S/C32H42N6O3/c1-4-22(2)30-31(40)28(37-17-12-25-7-5-6-8-26(25)20-37)13-18-38(30)32(41)27-19-29(35-21-34-27)33-14-9-24-10-15-36(16-11-24)23(3)39/h4-8,19,21,24,28,30-31,40H,1-2,9-18,20H2,3H3,(H,33,34,35)/t28-,30?,31+/m0/s1. The molecule has 1 unspecified atom stereocenters. The molecule has 2 fully saturated rings. The van der Waals surface area contributed by atoms with Crippen LogP contribution in [0, 0.1) is 5.92 Å². The van der Waals surface area contributed by atoms with Crippen LogP contribution in [0.5, 0.6) is 0 Å². The lowest BCUT2D eigenvalue weighted by Crippen LogP contribution is -2.61. The van der Waals surface area contributed by atoms with Gasteiger partial charge in [0.15, 0.2) is 0 Å². The molecular weight excluding hydrogens is 516 g/mol. The van der Waals surface area contributed by atoms with E-state index in [1.54, 1.807) is 24.0 Å². The quantitative estimate of drug-likeness (QED) is 0.480. The molecule has 2 N–H and O–H groups in total. The summed E-state index contributed by atoms with van der Waals surface area (Å²) in [4.78, 5) is 39.9. The predicted molar refractivity (Wildman–Crippen MR) is 159 cm³/mol. The van der Waals surface area contributed by atoms with Gasteiger partial charge in [0.05, 0.1) is 12.1 Å². The number of carbonyl (C=O) groups is 2. The molecule has 3 aliphatic heterocycles. The van der Waals surface area contributed by atoms with E-state index in [2.05, 4.69) is 57.6 Å². The first-order chi connectivity index (χ1) is 19.9. The summed E-state index contributed by atoms with van der Waals surface area (Å²) in [6.07, 6.45) is 6.84. The Morgan fingerprint density at radius 3 is 2.59 bits per heavy atom. The van der Waals surface area contributed by atoms with Crippen molar-refractivity contribution in [3.63, 3.8) is 0 Å². The Morgan fingerprint density at radius 1 is 1.10 bits per heavy atom. The van der Waals surface area contributed by atoms with Gasteiger partial charge in [-0.25, -0.2) is 9.97 Å². The minimum Gasteiger partial charge on any atom is -0.389 e. The van der Waals surface area contributed by atoms with E-state index >= 15 is 0 Å². The van der Waals surface area contributed by atoms with Crippen LogP contribution >= 0.6 is 0 Å². The van der Waals surface area contributed by atoms with Crippen LogP contribution in [0.25, 0.3) is 0 Å². The number of hydrogen-bond acceptors (Lipinski definition) is 7. The van der Waals surface area contributed by atoms with Gasteiger partial charge < -0.3 is 20.2 Å². The van der Waals surface area contributed by atoms with E-state index < -0.39 is 12.1 Å². The Balaban J connectivity index is 1.22. The Hall–Kier alpha value is -3.56. The highest BCUT2D eigenvalue weighted by Crippen LogP contribution is 2.31. The second kappa shape index (κ2) is 13.0. The second-order valence-corrected chi connectivity index (χ2v) is 11.5. The third-order valence-electron chi connectivity index (χ3n) is 9.06. The summed E-state index contributed by atoms with van der Waals surface area (Å²) < 4.78 is 0. The molecule has 1 aromatic heterocycles. The number of aliphatic hydroxyl groups excluding tert-OH is 1. The van der Waals surface area contributed by atoms with Gasteiger partial charge >= 0.3 is 0 Å². The Kier molecular flexibility index (Phi) is 9.15. The molecule has 0 spiro atoms. The van der Waals surface area contributed by atoms with Gasteiger partial charge in [0, 0.05) is 58.3 Å². The van der Waals surface area contributed by atoms with Gasteiger partial charge in [-0.05, 0) is 54.7 Å². The van der Waals surface area contributed by atoms with Crippen LogP contribution in [-0.2, 0) is 17.8 Å². The van der Waals surface area contributed by atoms with Crippen LogP contribution in [0.1, 0.15) is 54.2 Å². The molecule has 9 nitrogen and oxygen atoms in total. The number of nitrogens with zero attached hydrogens (tertiary/aromatic N) is 5. The smallest absolute Gasteiger partial charge is 0.273 e. The van der Waals surface area contributed by atoms with E-state index in [1.807, 2.05) is 4.90 Å². The van der Waals surface area contributed by atoms with Gasteiger partial charge in [0.25, 0.3) is 5.91 Å². The van der Waals surface area contributed by atoms with E-state index in [9.17, 15) is 14.7 Å². The zero-order valence-electron chi connectivity index (χ0n) is 24.0. The molecule has 4 heterocycles. The highest BCUT2D eigenvalue weighted by atomic mass is 16.3. The summed E-state index contributed by atoms with van der Waals surface area (Å²) >= 11 is 0. The van der Waals surface area contributed by atoms with Gasteiger partial charge in [-0.15, -0.1) is 0 Å². The van der Waals surface area contributed by atoms with Gasteiger partial charge in [0.2, 0.25) is 5.91 Å². The third-order valence-corrected chi connectivity index (χ3v) is 9.06. The molecule has 9 heteroatoms. The zero-order valence-corrected chi connectivity index (χ0v) is 24.0. The van der Waals surface area contributed by atoms with Crippen molar-refractivity contribution < 1.29 is 14.7 Å². The van der Waals surface area contributed by atoms with Crippen LogP contribution < -0.4 is 5.32 Å². The number of aromatic nitrogens is 2. The molecule has 2 aromatic rings. The number of nitrogens with one attached hydrogen (secondary N) is 1. The summed E-state index contributed by atoms with van der Waals surface area (Å²) in [5.74, 6) is 1.06. The summed E-state index contributed by atoms with van der Waals surface area (Å²) in [5, 5.41) is 15.0. The summed E-state index contributed by atoms with van der Waals surface area (Å²) in [6.45, 7) is 14.2. The maximum absolute atomic E-state index is 13.8. The Labute approximate surface area is 243 Å². The first kappa shape index (κ1) is 29.0. The normalized spacial score (nSPS) is 23.5. The maximum Gasteiger partial charge on any atom is 0.273 e. The molecule has 3 aliphatic rings. The Morgan fingerprint density at radius 2 is 1.85 bits per heavy atom. The highest BCUT2D eigenvalue weighted by Gasteiger charge is 2.43. The van der Waals surface area contributed by atoms with E-state index in [0.29, 0.717) is 30.3 Å². The summed E-state index contributed by atoms with van der Waals surface area (Å²) in [6, 6.07) is 9.50. The molecule has 2 amide bonds. The fourth-order valence-electron chi connectivity index (χ4n) is 6.60. The molecule has 218 valence electrons. The van der Waals surface area contributed by atoms with E-state index in [1.165, 1.54) is 17.5 Å². The molecule has 5 rings (SSSR count). The number of anilines is 1. The van der Waals surface area contributed by atoms with Crippen molar-refractivity contribution in [1.29, 1.82) is 0 Å². The van der Waals surface area contributed by atoms with Gasteiger partial charge in [-0.3, -0.25) is 14.5 Å². The molecule has 41 heavy (non-hydrogen) atoms. The van der Waals surface area contributed by atoms with Crippen LogP contribution in [-0.4, -0.2) is 92.5 Å². The fourth-order valence-corrected chi connectivity index (χ4v) is 6.60. The number of benzene rings is 1. The fraction of sp³-hybridized carbons (Fsp3) is 0.500. The topological polar surface area (TPSA) is 102 Å². The number of piperidine rings is 2. The van der Waals surface area contributed by atoms with Crippen molar-refractivity contribution in [2.75, 3.05) is 38.0 Å².